The first-order valence-corrected chi connectivity index (χ1v) is 6.16. The summed E-state index contributed by atoms with van der Waals surface area (Å²) in [6.07, 6.45) is 2.45. The molecule has 6 heteroatoms. The standard InChI is InChI=1S/C14H14N4O2/c1-20-10-4-2-8(3-5-10)6-9-7-16-12-11(9)17-14(15)18-13(12)19/h2-5,7,16H,6H2,1H3,(H3,15,17,18,19). The van der Waals surface area contributed by atoms with Crippen molar-refractivity contribution in [1.82, 2.24) is 15.0 Å². The highest BCUT2D eigenvalue weighted by Gasteiger charge is 2.10. The average Bonchev–Trinajstić information content (AvgIpc) is 2.83. The lowest BCUT2D eigenvalue weighted by molar-refractivity contribution is 0.414. The number of benzene rings is 1. The molecule has 0 fully saturated rings. The molecule has 6 nitrogen and oxygen atoms in total. The number of hydrogen-bond acceptors (Lipinski definition) is 4. The van der Waals surface area contributed by atoms with Gasteiger partial charge in [0.15, 0.2) is 0 Å². The van der Waals surface area contributed by atoms with Gasteiger partial charge < -0.3 is 15.5 Å². The lowest BCUT2D eigenvalue weighted by atomic mass is 10.1. The molecule has 0 aliphatic rings. The van der Waals surface area contributed by atoms with Gasteiger partial charge in [-0.05, 0) is 17.7 Å². The van der Waals surface area contributed by atoms with Crippen molar-refractivity contribution < 1.29 is 4.74 Å². The Kier molecular flexibility index (Phi) is 2.90. The van der Waals surface area contributed by atoms with Crippen molar-refractivity contribution in [2.45, 2.75) is 6.42 Å². The number of nitrogen functional groups attached to an aromatic ring is 1. The molecule has 0 aliphatic carbocycles. The minimum absolute atomic E-state index is 0.123. The van der Waals surface area contributed by atoms with Crippen LogP contribution in [0.5, 0.6) is 5.75 Å². The van der Waals surface area contributed by atoms with E-state index >= 15 is 0 Å². The monoisotopic (exact) mass is 270 g/mol. The molecule has 102 valence electrons. The molecule has 0 unspecified atom stereocenters. The van der Waals surface area contributed by atoms with E-state index in [1.54, 1.807) is 13.3 Å². The molecule has 2 aromatic heterocycles. The van der Waals surface area contributed by atoms with Gasteiger partial charge in [0.25, 0.3) is 5.56 Å². The van der Waals surface area contributed by atoms with E-state index < -0.39 is 0 Å². The number of aromatic nitrogens is 3. The van der Waals surface area contributed by atoms with Crippen LogP contribution in [-0.2, 0) is 6.42 Å². The van der Waals surface area contributed by atoms with Crippen LogP contribution < -0.4 is 16.0 Å². The first kappa shape index (κ1) is 12.3. The summed E-state index contributed by atoms with van der Waals surface area (Å²) in [5.74, 6) is 0.935. The Morgan fingerprint density at radius 1 is 1.30 bits per heavy atom. The third kappa shape index (κ3) is 2.11. The second-order valence-corrected chi connectivity index (χ2v) is 4.51. The molecule has 0 saturated carbocycles. The van der Waals surface area contributed by atoms with E-state index in [1.807, 2.05) is 24.3 Å². The minimum atomic E-state index is -0.256. The molecule has 1 aromatic carbocycles. The topological polar surface area (TPSA) is 96.8 Å². The number of H-pyrrole nitrogens is 2. The molecule has 0 bridgehead atoms. The first-order valence-electron chi connectivity index (χ1n) is 6.16. The molecule has 0 radical (unpaired) electrons. The van der Waals surface area contributed by atoms with Crippen molar-refractivity contribution in [3.63, 3.8) is 0 Å². The molecule has 0 saturated heterocycles. The van der Waals surface area contributed by atoms with Crippen LogP contribution >= 0.6 is 0 Å². The second-order valence-electron chi connectivity index (χ2n) is 4.51. The molecule has 3 rings (SSSR count). The van der Waals surface area contributed by atoms with Crippen LogP contribution in [0, 0.1) is 0 Å². The lowest BCUT2D eigenvalue weighted by Crippen LogP contribution is -2.11. The summed E-state index contributed by atoms with van der Waals surface area (Å²) in [7, 11) is 1.63. The van der Waals surface area contributed by atoms with Gasteiger partial charge in [0, 0.05) is 18.2 Å². The Hall–Kier alpha value is -2.76. The smallest absolute Gasteiger partial charge is 0.276 e. The SMILES string of the molecule is COc1ccc(Cc2c[nH]c3c(=O)[nH]c(N)nc23)cc1. The maximum Gasteiger partial charge on any atom is 0.276 e. The van der Waals surface area contributed by atoms with Gasteiger partial charge in [-0.15, -0.1) is 0 Å². The number of nitrogens with one attached hydrogen (secondary N) is 2. The van der Waals surface area contributed by atoms with Crippen LogP contribution in [-0.4, -0.2) is 22.1 Å². The molecule has 3 aromatic rings. The fraction of sp³-hybridized carbons (Fsp3) is 0.143. The third-order valence-electron chi connectivity index (χ3n) is 3.19. The van der Waals surface area contributed by atoms with Crippen molar-refractivity contribution in [2.24, 2.45) is 0 Å². The molecule has 20 heavy (non-hydrogen) atoms. The Morgan fingerprint density at radius 2 is 2.05 bits per heavy atom. The van der Waals surface area contributed by atoms with Gasteiger partial charge in [-0.3, -0.25) is 9.78 Å². The summed E-state index contributed by atoms with van der Waals surface area (Å²) < 4.78 is 5.13. The Bertz CT molecular complexity index is 802. The van der Waals surface area contributed by atoms with Crippen LogP contribution in [0.4, 0.5) is 5.95 Å². The van der Waals surface area contributed by atoms with E-state index in [4.69, 9.17) is 10.5 Å². The summed E-state index contributed by atoms with van der Waals surface area (Å²) in [6.45, 7) is 0. The molecule has 0 atom stereocenters. The summed E-state index contributed by atoms with van der Waals surface area (Å²) in [5.41, 5.74) is 8.43. The largest absolute Gasteiger partial charge is 0.497 e. The molecule has 0 aliphatic heterocycles. The highest BCUT2D eigenvalue weighted by molar-refractivity contribution is 5.79. The number of nitrogens with zero attached hydrogens (tertiary/aromatic N) is 1. The van der Waals surface area contributed by atoms with Crippen LogP contribution in [0.1, 0.15) is 11.1 Å². The van der Waals surface area contributed by atoms with Gasteiger partial charge in [0.1, 0.15) is 16.8 Å². The van der Waals surface area contributed by atoms with E-state index in [-0.39, 0.29) is 11.5 Å². The van der Waals surface area contributed by atoms with Gasteiger partial charge >= 0.3 is 0 Å². The molecule has 0 amide bonds. The quantitative estimate of drug-likeness (QED) is 0.670. The predicted molar refractivity (Wildman–Crippen MR) is 76.9 cm³/mol. The van der Waals surface area contributed by atoms with Gasteiger partial charge in [-0.1, -0.05) is 12.1 Å². The van der Waals surface area contributed by atoms with Crippen molar-refractivity contribution in [3.8, 4) is 5.75 Å². The zero-order valence-corrected chi connectivity index (χ0v) is 10.9. The fourth-order valence-corrected chi connectivity index (χ4v) is 2.18. The van der Waals surface area contributed by atoms with Crippen molar-refractivity contribution in [3.05, 3.63) is 51.9 Å². The van der Waals surface area contributed by atoms with E-state index in [0.717, 1.165) is 16.9 Å². The summed E-state index contributed by atoms with van der Waals surface area (Å²) >= 11 is 0. The Labute approximate surface area is 114 Å². The summed E-state index contributed by atoms with van der Waals surface area (Å²) in [6, 6.07) is 7.76. The van der Waals surface area contributed by atoms with Crippen LogP contribution in [0.3, 0.4) is 0 Å². The Morgan fingerprint density at radius 3 is 2.75 bits per heavy atom. The molecular weight excluding hydrogens is 256 g/mol. The van der Waals surface area contributed by atoms with Gasteiger partial charge in [0.2, 0.25) is 5.95 Å². The maximum absolute atomic E-state index is 11.7. The number of aromatic amines is 2. The third-order valence-corrected chi connectivity index (χ3v) is 3.19. The van der Waals surface area contributed by atoms with Crippen LogP contribution in [0.2, 0.25) is 0 Å². The summed E-state index contributed by atoms with van der Waals surface area (Å²) in [5, 5.41) is 0. The van der Waals surface area contributed by atoms with Crippen molar-refractivity contribution in [2.75, 3.05) is 12.8 Å². The van der Waals surface area contributed by atoms with E-state index in [9.17, 15) is 4.79 Å². The zero-order valence-electron chi connectivity index (χ0n) is 10.9. The molecule has 0 spiro atoms. The number of fused-ring (bicyclic) bond motifs is 1. The number of hydrogen-bond donors (Lipinski definition) is 3. The zero-order chi connectivity index (χ0) is 14.1. The van der Waals surface area contributed by atoms with E-state index in [2.05, 4.69) is 15.0 Å². The van der Waals surface area contributed by atoms with Gasteiger partial charge in [0.05, 0.1) is 7.11 Å². The minimum Gasteiger partial charge on any atom is -0.497 e. The number of methoxy groups -OCH3 is 1. The lowest BCUT2D eigenvalue weighted by Gasteiger charge is -2.03. The summed E-state index contributed by atoms with van der Waals surface area (Å²) in [4.78, 5) is 21.3. The van der Waals surface area contributed by atoms with E-state index in [1.165, 1.54) is 0 Å². The number of anilines is 1. The number of nitrogens with two attached hydrogens (primary N) is 1. The first-order chi connectivity index (χ1) is 9.67. The predicted octanol–water partition coefficient (Wildman–Crippen LogP) is 1.43. The maximum atomic E-state index is 11.7. The van der Waals surface area contributed by atoms with Gasteiger partial charge in [-0.2, -0.15) is 0 Å². The number of ether oxygens (including phenoxy) is 1. The highest BCUT2D eigenvalue weighted by atomic mass is 16.5. The molecule has 2 heterocycles. The molecular formula is C14H14N4O2. The molecule has 4 N–H and O–H groups in total. The van der Waals surface area contributed by atoms with Gasteiger partial charge in [-0.25, -0.2) is 4.98 Å². The Balaban J connectivity index is 2.00. The second kappa shape index (κ2) is 4.73. The van der Waals surface area contributed by atoms with Crippen LogP contribution in [0.15, 0.2) is 35.3 Å². The fourth-order valence-electron chi connectivity index (χ4n) is 2.18. The van der Waals surface area contributed by atoms with E-state index in [0.29, 0.717) is 17.5 Å². The normalized spacial score (nSPS) is 10.8. The average molecular weight is 270 g/mol. The number of rotatable bonds is 3. The van der Waals surface area contributed by atoms with Crippen molar-refractivity contribution >= 4 is 17.0 Å². The highest BCUT2D eigenvalue weighted by Crippen LogP contribution is 2.19. The van der Waals surface area contributed by atoms with Crippen molar-refractivity contribution in [1.29, 1.82) is 0 Å². The van der Waals surface area contributed by atoms with Crippen LogP contribution in [0.25, 0.3) is 11.0 Å².